The lowest BCUT2D eigenvalue weighted by Crippen LogP contribution is -2.60. The quantitative estimate of drug-likeness (QED) is 0.624. The van der Waals surface area contributed by atoms with Gasteiger partial charge in [-0.2, -0.15) is 0 Å². The normalized spacial score (nSPS) is 48.9. The monoisotopic (exact) mass is 417 g/mol. The van der Waals surface area contributed by atoms with Crippen molar-refractivity contribution < 1.29 is 4.79 Å². The summed E-state index contributed by atoms with van der Waals surface area (Å²) in [7, 11) is 0. The van der Waals surface area contributed by atoms with Crippen LogP contribution in [0.5, 0.6) is 0 Å². The van der Waals surface area contributed by atoms with Gasteiger partial charge in [-0.1, -0.05) is 29.8 Å². The first kappa shape index (κ1) is 19.2. The zero-order chi connectivity index (χ0) is 20.8. The number of rotatable bonds is 4. The average Bonchev–Trinajstić information content (AvgIpc) is 2.70. The van der Waals surface area contributed by atoms with Crippen LogP contribution in [0.3, 0.4) is 0 Å². The van der Waals surface area contributed by atoms with E-state index in [2.05, 4.69) is 36.5 Å². The Morgan fingerprint density at radius 2 is 1.35 bits per heavy atom. The van der Waals surface area contributed by atoms with Gasteiger partial charge in [0.1, 0.15) is 0 Å². The van der Waals surface area contributed by atoms with Crippen LogP contribution >= 0.6 is 0 Å². The van der Waals surface area contributed by atoms with Gasteiger partial charge in [-0.15, -0.1) is 0 Å². The lowest BCUT2D eigenvalue weighted by Gasteiger charge is -2.62. The van der Waals surface area contributed by atoms with Gasteiger partial charge in [-0.05, 0) is 130 Å². The highest BCUT2D eigenvalue weighted by Gasteiger charge is 2.61. The van der Waals surface area contributed by atoms with Crippen molar-refractivity contribution in [2.24, 2.45) is 40.4 Å². The summed E-state index contributed by atoms with van der Waals surface area (Å²) in [6, 6.07) is 9.33. The number of benzene rings is 1. The molecular weight excluding hydrogens is 378 g/mol. The van der Waals surface area contributed by atoms with E-state index in [1.54, 1.807) is 0 Å². The molecule has 8 fully saturated rings. The first-order chi connectivity index (χ1) is 14.9. The lowest BCUT2D eigenvalue weighted by molar-refractivity contribution is -0.150. The maximum atomic E-state index is 13.9. The number of hydrogen-bond acceptors (Lipinski definition) is 1. The van der Waals surface area contributed by atoms with E-state index in [4.69, 9.17) is 0 Å². The van der Waals surface area contributed by atoms with Gasteiger partial charge in [0.2, 0.25) is 5.91 Å². The summed E-state index contributed by atoms with van der Waals surface area (Å²) in [5.41, 5.74) is 3.48. The van der Waals surface area contributed by atoms with Crippen LogP contribution in [-0.2, 0) is 10.2 Å². The minimum absolute atomic E-state index is 0.0860. The summed E-state index contributed by atoms with van der Waals surface area (Å²) in [5.74, 6) is 4.85. The Bertz CT molecular complexity index is 849. The van der Waals surface area contributed by atoms with Crippen LogP contribution in [0.25, 0.3) is 0 Å². The topological polar surface area (TPSA) is 29.1 Å². The van der Waals surface area contributed by atoms with Crippen LogP contribution in [0.2, 0.25) is 0 Å². The number of hydrogen-bond donors (Lipinski definition) is 1. The van der Waals surface area contributed by atoms with Crippen molar-refractivity contribution in [1.82, 2.24) is 5.32 Å². The van der Waals surface area contributed by atoms with Crippen molar-refractivity contribution in [1.29, 1.82) is 0 Å². The predicted molar refractivity (Wildman–Crippen MR) is 124 cm³/mol. The summed E-state index contributed by atoms with van der Waals surface area (Å²) in [5, 5.41) is 3.64. The van der Waals surface area contributed by atoms with E-state index < -0.39 is 0 Å². The molecule has 2 atom stereocenters. The van der Waals surface area contributed by atoms with Crippen LogP contribution in [0.4, 0.5) is 0 Å². The molecule has 1 amide bonds. The summed E-state index contributed by atoms with van der Waals surface area (Å²) in [4.78, 5) is 13.9. The SMILES string of the molecule is Cc1ccc(C23C[C@@H]4C[C@H](CC(C(=O)NCC56CC7CC(CC(C7)C5)C6)(C4)C2)C3)cc1. The third-order valence-electron chi connectivity index (χ3n) is 11.0. The van der Waals surface area contributed by atoms with Crippen LogP contribution in [0.1, 0.15) is 88.2 Å². The Balaban J connectivity index is 1.13. The molecule has 0 aliphatic heterocycles. The highest BCUT2D eigenvalue weighted by atomic mass is 16.2. The highest BCUT2D eigenvalue weighted by molar-refractivity contribution is 5.83. The Labute approximate surface area is 188 Å². The average molecular weight is 418 g/mol. The van der Waals surface area contributed by atoms with Gasteiger partial charge >= 0.3 is 0 Å². The van der Waals surface area contributed by atoms with Crippen molar-refractivity contribution in [3.05, 3.63) is 35.4 Å². The second kappa shape index (κ2) is 6.39. The van der Waals surface area contributed by atoms with Crippen molar-refractivity contribution in [3.8, 4) is 0 Å². The molecule has 0 saturated heterocycles. The number of amides is 1. The van der Waals surface area contributed by atoms with Gasteiger partial charge in [-0.3, -0.25) is 4.79 Å². The molecule has 8 aliphatic carbocycles. The zero-order valence-electron chi connectivity index (χ0n) is 19.3. The molecule has 1 aromatic rings. The van der Waals surface area contributed by atoms with Crippen LogP contribution in [0, 0.1) is 47.3 Å². The molecule has 8 aliphatic rings. The second-order valence-electron chi connectivity index (χ2n) is 13.5. The molecule has 31 heavy (non-hydrogen) atoms. The Kier molecular flexibility index (Phi) is 3.95. The minimum Gasteiger partial charge on any atom is -0.355 e. The molecule has 0 spiro atoms. The standard InChI is InChI=1S/C29H39NO/c1-19-2-4-25(5-3-19)28-13-23-9-24(14-28)16-29(15-23,17-28)26(31)30-18-27-10-20-6-21(11-27)8-22(7-20)12-27/h2-5,20-24H,6-18H2,1H3,(H,30,31)/t20?,21?,22?,23-,24-,27?,28?,29?/m0/s1. The minimum atomic E-state index is -0.0860. The first-order valence-electron chi connectivity index (χ1n) is 13.3. The number of nitrogens with one attached hydrogen (secondary N) is 1. The number of aryl methyl sites for hydroxylation is 1. The van der Waals surface area contributed by atoms with Gasteiger partial charge in [0.15, 0.2) is 0 Å². The summed E-state index contributed by atoms with van der Waals surface area (Å²) < 4.78 is 0. The van der Waals surface area contributed by atoms with Crippen molar-refractivity contribution in [2.45, 2.75) is 89.4 Å². The molecule has 166 valence electrons. The second-order valence-corrected chi connectivity index (χ2v) is 13.5. The van der Waals surface area contributed by atoms with Crippen molar-refractivity contribution in [3.63, 3.8) is 0 Å². The third kappa shape index (κ3) is 2.92. The van der Waals surface area contributed by atoms with Gasteiger partial charge in [0.05, 0.1) is 5.41 Å². The molecule has 1 aromatic carbocycles. The molecule has 0 radical (unpaired) electrons. The summed E-state index contributed by atoms with van der Waals surface area (Å²) in [6.45, 7) is 3.16. The molecule has 0 aromatic heterocycles. The molecular formula is C29H39NO. The molecule has 9 rings (SSSR count). The van der Waals surface area contributed by atoms with Crippen LogP contribution in [-0.4, -0.2) is 12.5 Å². The van der Waals surface area contributed by atoms with Crippen LogP contribution < -0.4 is 5.32 Å². The maximum Gasteiger partial charge on any atom is 0.226 e. The summed E-state index contributed by atoms with van der Waals surface area (Å²) in [6.07, 6.45) is 16.1. The van der Waals surface area contributed by atoms with E-state index in [0.717, 1.165) is 55.4 Å². The van der Waals surface area contributed by atoms with Crippen molar-refractivity contribution in [2.75, 3.05) is 6.54 Å². The number of carbonyl (C=O) groups is 1. The molecule has 2 nitrogen and oxygen atoms in total. The largest absolute Gasteiger partial charge is 0.355 e. The van der Waals surface area contributed by atoms with Gasteiger partial charge in [0, 0.05) is 6.54 Å². The Morgan fingerprint density at radius 1 is 0.806 bits per heavy atom. The third-order valence-corrected chi connectivity index (χ3v) is 11.0. The van der Waals surface area contributed by atoms with Gasteiger partial charge in [-0.25, -0.2) is 0 Å². The fraction of sp³-hybridized carbons (Fsp3) is 0.759. The van der Waals surface area contributed by atoms with E-state index in [0.29, 0.717) is 11.3 Å². The van der Waals surface area contributed by atoms with Crippen molar-refractivity contribution >= 4 is 5.91 Å². The molecule has 8 saturated carbocycles. The van der Waals surface area contributed by atoms with Gasteiger partial charge in [0.25, 0.3) is 0 Å². The maximum absolute atomic E-state index is 13.9. The van der Waals surface area contributed by atoms with E-state index in [1.165, 1.54) is 68.9 Å². The Hall–Kier alpha value is -1.31. The Morgan fingerprint density at radius 3 is 1.94 bits per heavy atom. The number of carbonyl (C=O) groups excluding carboxylic acids is 1. The van der Waals surface area contributed by atoms with Gasteiger partial charge < -0.3 is 5.32 Å². The van der Waals surface area contributed by atoms with Crippen LogP contribution in [0.15, 0.2) is 24.3 Å². The molecule has 0 unspecified atom stereocenters. The van der Waals surface area contributed by atoms with E-state index in [-0.39, 0.29) is 10.8 Å². The highest BCUT2D eigenvalue weighted by Crippen LogP contribution is 2.66. The lowest BCUT2D eigenvalue weighted by atomic mass is 9.42. The summed E-state index contributed by atoms with van der Waals surface area (Å²) >= 11 is 0. The fourth-order valence-electron chi connectivity index (χ4n) is 10.7. The van der Waals surface area contributed by atoms with E-state index in [1.807, 2.05) is 0 Å². The molecule has 1 N–H and O–H groups in total. The first-order valence-corrected chi connectivity index (χ1v) is 13.3. The zero-order valence-corrected chi connectivity index (χ0v) is 19.3. The predicted octanol–water partition coefficient (Wildman–Crippen LogP) is 6.17. The molecule has 8 bridgehead atoms. The molecule has 2 heteroatoms. The van der Waals surface area contributed by atoms with E-state index >= 15 is 0 Å². The van der Waals surface area contributed by atoms with E-state index in [9.17, 15) is 4.79 Å². The fourth-order valence-corrected chi connectivity index (χ4v) is 10.7. The smallest absolute Gasteiger partial charge is 0.226 e. The molecule has 0 heterocycles.